The lowest BCUT2D eigenvalue weighted by atomic mass is 9.92. The lowest BCUT2D eigenvalue weighted by Gasteiger charge is -2.24. The maximum Gasteiger partial charge on any atom is 0.176 e. The van der Waals surface area contributed by atoms with E-state index < -0.39 is 5.54 Å². The van der Waals surface area contributed by atoms with Gasteiger partial charge in [0.1, 0.15) is 17.7 Å². The Morgan fingerprint density at radius 2 is 2.11 bits per heavy atom. The molecule has 0 radical (unpaired) electrons. The second-order valence-corrected chi connectivity index (χ2v) is 4.26. The average Bonchev–Trinajstić information content (AvgIpc) is 2.86. The molecule has 6 heteroatoms. The van der Waals surface area contributed by atoms with E-state index in [0.29, 0.717) is 13.0 Å². The monoisotopic (exact) mass is 256 g/mol. The van der Waals surface area contributed by atoms with Crippen LogP contribution in [0.2, 0.25) is 0 Å². The van der Waals surface area contributed by atoms with Crippen molar-refractivity contribution < 1.29 is 0 Å². The van der Waals surface area contributed by atoms with Crippen molar-refractivity contribution in [3.8, 4) is 18.2 Å². The molecule has 0 spiro atoms. The van der Waals surface area contributed by atoms with E-state index in [1.54, 1.807) is 11.6 Å². The molecule has 1 unspecified atom stereocenters. The molecule has 98 valence electrons. The van der Waals surface area contributed by atoms with Crippen molar-refractivity contribution in [1.29, 1.82) is 15.8 Å². The molecule has 0 aliphatic rings. The maximum absolute atomic E-state index is 9.19. The SMILES string of the molecule is CCC(C#N)(CCCn1cnc(C#N)c1C#N)NC. The van der Waals surface area contributed by atoms with Crippen molar-refractivity contribution in [1.82, 2.24) is 14.9 Å². The summed E-state index contributed by atoms with van der Waals surface area (Å²) >= 11 is 0. The summed E-state index contributed by atoms with van der Waals surface area (Å²) in [5, 5.41) is 30.0. The van der Waals surface area contributed by atoms with Gasteiger partial charge in [-0.1, -0.05) is 6.92 Å². The van der Waals surface area contributed by atoms with Crippen LogP contribution in [0, 0.1) is 34.0 Å². The molecule has 1 rings (SSSR count). The van der Waals surface area contributed by atoms with Gasteiger partial charge in [-0.05, 0) is 26.3 Å². The van der Waals surface area contributed by atoms with Crippen LogP contribution in [-0.2, 0) is 6.54 Å². The third-order valence-electron chi connectivity index (χ3n) is 3.35. The molecule has 1 N–H and O–H groups in total. The van der Waals surface area contributed by atoms with Gasteiger partial charge in [0.2, 0.25) is 0 Å². The number of aryl methyl sites for hydroxylation is 1. The fraction of sp³-hybridized carbons (Fsp3) is 0.538. The largest absolute Gasteiger partial charge is 0.321 e. The summed E-state index contributed by atoms with van der Waals surface area (Å²) in [6.07, 6.45) is 3.63. The normalized spacial score (nSPS) is 13.0. The number of rotatable bonds is 6. The third-order valence-corrected chi connectivity index (χ3v) is 3.35. The first-order valence-electron chi connectivity index (χ1n) is 6.11. The number of hydrogen-bond acceptors (Lipinski definition) is 5. The first-order valence-corrected chi connectivity index (χ1v) is 6.11. The van der Waals surface area contributed by atoms with E-state index in [9.17, 15) is 5.26 Å². The number of imidazole rings is 1. The first kappa shape index (κ1) is 14.7. The standard InChI is InChI=1S/C13H16N6/c1-3-13(9-16,17-2)5-4-6-19-10-18-11(7-14)12(19)8-15/h10,17H,3-6H2,1-2H3. The molecule has 1 aromatic rings. The Kier molecular flexibility index (Phi) is 5.06. The van der Waals surface area contributed by atoms with Gasteiger partial charge in [0.25, 0.3) is 0 Å². The van der Waals surface area contributed by atoms with Crippen molar-refractivity contribution in [2.45, 2.75) is 38.3 Å². The van der Waals surface area contributed by atoms with Gasteiger partial charge in [-0.15, -0.1) is 0 Å². The molecular formula is C13H16N6. The predicted octanol–water partition coefficient (Wildman–Crippen LogP) is 1.30. The van der Waals surface area contributed by atoms with Crippen LogP contribution >= 0.6 is 0 Å². The fourth-order valence-corrected chi connectivity index (χ4v) is 1.97. The van der Waals surface area contributed by atoms with Gasteiger partial charge in [-0.2, -0.15) is 15.8 Å². The zero-order valence-corrected chi connectivity index (χ0v) is 11.1. The van der Waals surface area contributed by atoms with Crippen LogP contribution < -0.4 is 5.32 Å². The Labute approximate surface area is 112 Å². The zero-order valence-electron chi connectivity index (χ0n) is 11.1. The predicted molar refractivity (Wildman–Crippen MR) is 68.6 cm³/mol. The lowest BCUT2D eigenvalue weighted by Crippen LogP contribution is -2.40. The van der Waals surface area contributed by atoms with E-state index in [0.717, 1.165) is 12.8 Å². The molecule has 0 aliphatic carbocycles. The van der Waals surface area contributed by atoms with Gasteiger partial charge in [0.15, 0.2) is 11.4 Å². The second-order valence-electron chi connectivity index (χ2n) is 4.26. The third kappa shape index (κ3) is 3.10. The van der Waals surface area contributed by atoms with E-state index in [1.165, 1.54) is 6.33 Å². The van der Waals surface area contributed by atoms with Crippen LogP contribution in [0.5, 0.6) is 0 Å². The van der Waals surface area contributed by atoms with Crippen LogP contribution in [-0.4, -0.2) is 22.1 Å². The maximum atomic E-state index is 9.19. The highest BCUT2D eigenvalue weighted by atomic mass is 15.1. The summed E-state index contributed by atoms with van der Waals surface area (Å²) in [7, 11) is 1.78. The number of nitriles is 3. The molecule has 0 aliphatic heterocycles. The summed E-state index contributed by atoms with van der Waals surface area (Å²) in [4.78, 5) is 3.88. The molecule has 19 heavy (non-hydrogen) atoms. The molecule has 0 saturated heterocycles. The molecule has 1 heterocycles. The topological polar surface area (TPSA) is 101 Å². The van der Waals surface area contributed by atoms with E-state index >= 15 is 0 Å². The fourth-order valence-electron chi connectivity index (χ4n) is 1.97. The van der Waals surface area contributed by atoms with Crippen LogP contribution in [0.15, 0.2) is 6.33 Å². The highest BCUT2D eigenvalue weighted by Crippen LogP contribution is 2.17. The zero-order chi connectivity index (χ0) is 14.3. The number of aromatic nitrogens is 2. The molecule has 1 atom stereocenters. The minimum absolute atomic E-state index is 0.151. The summed E-state index contributed by atoms with van der Waals surface area (Å²) < 4.78 is 1.66. The summed E-state index contributed by atoms with van der Waals surface area (Å²) in [5.74, 6) is 0. The van der Waals surface area contributed by atoms with Gasteiger partial charge >= 0.3 is 0 Å². The van der Waals surface area contributed by atoms with Crippen molar-refractivity contribution in [3.05, 3.63) is 17.7 Å². The average molecular weight is 256 g/mol. The van der Waals surface area contributed by atoms with E-state index in [-0.39, 0.29) is 11.4 Å². The molecule has 0 saturated carbocycles. The van der Waals surface area contributed by atoms with Gasteiger partial charge in [0, 0.05) is 6.54 Å². The van der Waals surface area contributed by atoms with Crippen LogP contribution in [0.1, 0.15) is 37.6 Å². The summed E-state index contributed by atoms with van der Waals surface area (Å²) in [6, 6.07) is 6.16. The Hall–Kier alpha value is -2.36. The van der Waals surface area contributed by atoms with Gasteiger partial charge in [-0.25, -0.2) is 4.98 Å². The summed E-state index contributed by atoms with van der Waals surface area (Å²) in [5.41, 5.74) is -0.0880. The minimum atomic E-state index is -0.522. The van der Waals surface area contributed by atoms with Crippen molar-refractivity contribution >= 4 is 0 Å². The van der Waals surface area contributed by atoms with Crippen LogP contribution in [0.25, 0.3) is 0 Å². The van der Waals surface area contributed by atoms with Gasteiger partial charge < -0.3 is 9.88 Å². The minimum Gasteiger partial charge on any atom is -0.321 e. The molecular weight excluding hydrogens is 240 g/mol. The Bertz CT molecular complexity index is 547. The Balaban J connectivity index is 2.70. The number of nitrogens with one attached hydrogen (secondary N) is 1. The molecule has 6 nitrogen and oxygen atoms in total. The van der Waals surface area contributed by atoms with E-state index in [1.807, 2.05) is 19.1 Å². The Morgan fingerprint density at radius 3 is 2.58 bits per heavy atom. The second kappa shape index (κ2) is 6.54. The number of hydrogen-bond donors (Lipinski definition) is 1. The molecule has 0 fully saturated rings. The van der Waals surface area contributed by atoms with Crippen molar-refractivity contribution in [3.63, 3.8) is 0 Å². The highest BCUT2D eigenvalue weighted by Gasteiger charge is 2.24. The number of nitrogens with zero attached hydrogens (tertiary/aromatic N) is 5. The van der Waals surface area contributed by atoms with E-state index in [2.05, 4.69) is 16.4 Å². The van der Waals surface area contributed by atoms with Gasteiger partial charge in [-0.3, -0.25) is 0 Å². The smallest absolute Gasteiger partial charge is 0.176 e. The van der Waals surface area contributed by atoms with Crippen molar-refractivity contribution in [2.24, 2.45) is 0 Å². The molecule has 0 amide bonds. The highest BCUT2D eigenvalue weighted by molar-refractivity contribution is 5.35. The van der Waals surface area contributed by atoms with Crippen molar-refractivity contribution in [2.75, 3.05) is 7.05 Å². The molecule has 0 aromatic carbocycles. The lowest BCUT2D eigenvalue weighted by molar-refractivity contribution is 0.380. The first-order chi connectivity index (χ1) is 9.16. The summed E-state index contributed by atoms with van der Waals surface area (Å²) in [6.45, 7) is 2.54. The quantitative estimate of drug-likeness (QED) is 0.826. The van der Waals surface area contributed by atoms with Gasteiger partial charge in [0.05, 0.1) is 12.4 Å². The van der Waals surface area contributed by atoms with Crippen LogP contribution in [0.3, 0.4) is 0 Å². The molecule has 0 bridgehead atoms. The van der Waals surface area contributed by atoms with Crippen LogP contribution in [0.4, 0.5) is 0 Å². The van der Waals surface area contributed by atoms with E-state index in [4.69, 9.17) is 10.5 Å². The molecule has 1 aromatic heterocycles. The Morgan fingerprint density at radius 1 is 1.37 bits per heavy atom.